The minimum absolute atomic E-state index is 0.00242. The summed E-state index contributed by atoms with van der Waals surface area (Å²) in [6.45, 7) is 22.7. The number of aromatic hydroxyl groups is 4. The molecule has 0 aliphatic heterocycles. The Bertz CT molecular complexity index is 7600. The summed E-state index contributed by atoms with van der Waals surface area (Å²) in [6.07, 6.45) is 0.0486. The molecule has 0 spiro atoms. The largest absolute Gasteiger partial charge is 0.506 e. The second kappa shape index (κ2) is 48.8. The van der Waals surface area contributed by atoms with Crippen LogP contribution in [-0.2, 0) is 63.9 Å². The van der Waals surface area contributed by atoms with Crippen LogP contribution in [0.5, 0.6) is 40.2 Å². The third kappa shape index (κ3) is 29.1. The Morgan fingerprint density at radius 1 is 0.322 bits per heavy atom. The van der Waals surface area contributed by atoms with Gasteiger partial charge in [-0.2, -0.15) is 0 Å². The van der Waals surface area contributed by atoms with Crippen LogP contribution in [0.4, 0.5) is 49.9 Å². The number of phenolic OH excluding ortho intramolecular Hbond substituents is 4. The van der Waals surface area contributed by atoms with Crippen molar-refractivity contribution in [2.24, 2.45) is 0 Å². The van der Waals surface area contributed by atoms with E-state index in [9.17, 15) is 96.8 Å². The van der Waals surface area contributed by atoms with Crippen LogP contribution in [0.3, 0.4) is 0 Å². The molecule has 0 saturated heterocycles. The van der Waals surface area contributed by atoms with Gasteiger partial charge in [-0.05, 0) is 224 Å². The first-order chi connectivity index (χ1) is 68.6. The Morgan fingerprint density at radius 3 is 1.06 bits per heavy atom. The number of ether oxygens (including phenoxy) is 2. The number of hydrogen-bond donors (Lipinski definition) is 12. The summed E-state index contributed by atoms with van der Waals surface area (Å²) in [4.78, 5) is 102. The van der Waals surface area contributed by atoms with Gasteiger partial charge in [-0.1, -0.05) is 194 Å². The number of aryl methyl sites for hydroxylation is 6. The molecular weight excluding hydrogens is 2040 g/mol. The van der Waals surface area contributed by atoms with Gasteiger partial charge in [-0.15, -0.1) is 0 Å². The summed E-state index contributed by atoms with van der Waals surface area (Å²) in [7, 11) is -14.5. The minimum Gasteiger partial charge on any atom is -0.506 e. The van der Waals surface area contributed by atoms with Crippen molar-refractivity contribution < 1.29 is 106 Å². The van der Waals surface area contributed by atoms with Crippen molar-refractivity contribution in [2.45, 2.75) is 149 Å². The number of halogens is 5. The Labute approximate surface area is 865 Å². The Kier molecular flexibility index (Phi) is 37.9. The second-order valence-electron chi connectivity index (χ2n) is 34.7. The number of methoxy groups -OCH3 is 1. The van der Waals surface area contributed by atoms with Crippen molar-refractivity contribution in [1.82, 2.24) is 0 Å². The molecule has 0 fully saturated rings. The van der Waals surface area contributed by atoms with Gasteiger partial charge in [-0.3, -0.25) is 38.4 Å². The lowest BCUT2D eigenvalue weighted by atomic mass is 9.87. The van der Waals surface area contributed by atoms with Gasteiger partial charge in [0.2, 0.25) is 23.6 Å². The molecule has 0 aliphatic carbocycles. The summed E-state index contributed by atoms with van der Waals surface area (Å²) in [6, 6.07) is 65.5. The van der Waals surface area contributed by atoms with Crippen LogP contribution in [0.2, 0.25) is 20.1 Å². The molecular formula is C107H105Cl4FN8O22S4. The van der Waals surface area contributed by atoms with E-state index in [1.54, 1.807) is 167 Å². The Balaban J connectivity index is 0.000000200. The number of carbonyl (C=O) groups excluding carboxylic acids is 8. The molecule has 13 aromatic carbocycles. The van der Waals surface area contributed by atoms with Gasteiger partial charge in [0.25, 0.3) is 23.6 Å². The predicted octanol–water partition coefficient (Wildman–Crippen LogP) is 22.3. The number of sulfone groups is 4. The van der Waals surface area contributed by atoms with Gasteiger partial charge < -0.3 is 72.4 Å². The molecule has 0 radical (unpaired) electrons. The molecule has 0 heterocycles. The van der Waals surface area contributed by atoms with Crippen molar-refractivity contribution in [1.29, 1.82) is 0 Å². The van der Waals surface area contributed by atoms with Gasteiger partial charge in [-0.25, -0.2) is 38.1 Å². The van der Waals surface area contributed by atoms with Crippen LogP contribution in [0.15, 0.2) is 280 Å². The lowest BCUT2D eigenvalue weighted by Crippen LogP contribution is -2.34. The maximum atomic E-state index is 14.6. The van der Waals surface area contributed by atoms with Crippen molar-refractivity contribution in [3.63, 3.8) is 0 Å². The fourth-order valence-electron chi connectivity index (χ4n) is 13.9. The van der Waals surface area contributed by atoms with E-state index in [1.807, 2.05) is 54.5 Å². The number of carbonyl (C=O) groups is 8. The maximum absolute atomic E-state index is 14.6. The fourth-order valence-corrected chi connectivity index (χ4v) is 20.5. The van der Waals surface area contributed by atoms with Gasteiger partial charge in [0.1, 0.15) is 61.3 Å². The molecule has 0 aliphatic rings. The van der Waals surface area contributed by atoms with Gasteiger partial charge in [0.05, 0.1) is 92.3 Å². The van der Waals surface area contributed by atoms with E-state index in [1.165, 1.54) is 118 Å². The zero-order valence-electron chi connectivity index (χ0n) is 81.2. The molecule has 0 bridgehead atoms. The predicted molar refractivity (Wildman–Crippen MR) is 566 cm³/mol. The summed E-state index contributed by atoms with van der Waals surface area (Å²) in [5, 5.41) is 56.4. The number of nitrogens with one attached hydrogen (secondary N) is 8. The minimum atomic E-state index is -4.01. The highest BCUT2D eigenvalue weighted by Crippen LogP contribution is 2.42. The van der Waals surface area contributed by atoms with Crippen LogP contribution in [0.25, 0.3) is 0 Å². The molecule has 764 valence electrons. The fraction of sp³-hybridized carbons (Fsp3) is 0.196. The third-order valence-electron chi connectivity index (χ3n) is 22.6. The first kappa shape index (κ1) is 113. The highest BCUT2D eigenvalue weighted by molar-refractivity contribution is 7.93. The molecule has 8 amide bonds. The second-order valence-corrected chi connectivity index (χ2v) is 45.1. The van der Waals surface area contributed by atoms with Crippen LogP contribution < -0.4 is 52.0 Å². The molecule has 13 aromatic rings. The van der Waals surface area contributed by atoms with Gasteiger partial charge >= 0.3 is 0 Å². The SMILES string of the molecule is CCC(C(=O)Nc1cc(O)c(NC(=O)c2ccc(C)cc2)cc1Cl)S(=O)(=O)c1ccc(C(C)(C)C)cc1.CCC(C(=O)Nc1cc(O)c(NC(=O)c2ccc(Cl)c(Cl)c2)cc1Cl)S(=O)(=O)c1cccc(C)c1.COc1ccc(Oc2cc(NC(=O)c3ccc(C)cc3)c(O)cc2NC(=O)C(C)S(=O)(=O)c2ccc(C)cc2)cc1.Cc1ccc(S(=O)(=O)C(C)C(=O)Nc2cc(O)c(NC(=O)c3cccc(C)c3)cc2F)cc1. The number of phenols is 4. The van der Waals surface area contributed by atoms with E-state index in [-0.39, 0.29) is 121 Å². The van der Waals surface area contributed by atoms with E-state index in [0.29, 0.717) is 28.2 Å². The van der Waals surface area contributed by atoms with Crippen LogP contribution in [0.1, 0.15) is 142 Å². The van der Waals surface area contributed by atoms with Crippen molar-refractivity contribution in [2.75, 3.05) is 49.6 Å². The third-order valence-corrected chi connectivity index (χ3v) is 32.5. The summed E-state index contributed by atoms with van der Waals surface area (Å²) in [5.74, 6) is -6.97. The number of amides is 8. The average Bonchev–Trinajstić information content (AvgIpc) is 0.814. The standard InChI is InChI=1S/C31H30N2O7S.C28H31ClN2O5S.C24H21Cl3N2O5S.C24H23FN2O5S/c1-19-5-9-22(10-6-19)31(36)32-26-18-29(40-24-13-11-23(39-4)12-14-24)27(17-28(26)34)33-30(35)21(3)41(37,38)25-15-7-20(2)8-16-25;1-6-25(37(35,36)20-13-11-19(12-14-20)28(3,4)5)27(34)30-22-16-24(32)23(15-21(22)29)31-26(33)18-9-7-17(2)8-10-18;1-3-22(35(33,34)15-6-4-5-13(2)9-15)24(32)28-19-12-21(30)20(11-18(19)27)29-23(31)14-7-8-16(25)17(26)10-14;1-14-7-9-18(10-8-14)33(31,32)16(3)23(29)26-20-13-22(28)21(12-19(20)25)27-24(30)17-6-4-5-15(2)11-17/h5-18,21,34H,1-4H3,(H,32,36)(H,33,35);7-16,25,32H,6H2,1-5H3,(H,30,34)(H,31,33);4-12,22,30H,3H2,1-2H3,(H,28,32)(H,29,31);4-13,16,28H,1-3H3,(H,26,29)(H,27,30). The van der Waals surface area contributed by atoms with E-state index in [4.69, 9.17) is 55.9 Å². The molecule has 0 saturated carbocycles. The monoisotopic (exact) mass is 2140 g/mol. The summed E-state index contributed by atoms with van der Waals surface area (Å²) >= 11 is 24.4. The zero-order chi connectivity index (χ0) is 108. The van der Waals surface area contributed by atoms with Crippen molar-refractivity contribution in [3.8, 4) is 40.2 Å². The highest BCUT2D eigenvalue weighted by atomic mass is 35.5. The Morgan fingerprint density at radius 2 is 0.658 bits per heavy atom. The first-order valence-electron chi connectivity index (χ1n) is 44.8. The molecule has 4 unspecified atom stereocenters. The number of hydrogen-bond acceptors (Lipinski definition) is 22. The Hall–Kier alpha value is -14.7. The number of rotatable bonds is 29. The van der Waals surface area contributed by atoms with Gasteiger partial charge in [0, 0.05) is 58.7 Å². The normalized spacial score (nSPS) is 12.2. The smallest absolute Gasteiger partial charge is 0.255 e. The maximum Gasteiger partial charge on any atom is 0.255 e. The first-order valence-corrected chi connectivity index (χ1v) is 52.5. The summed E-state index contributed by atoms with van der Waals surface area (Å²) in [5.41, 5.74) is 6.87. The summed E-state index contributed by atoms with van der Waals surface area (Å²) < 4.78 is 130. The van der Waals surface area contributed by atoms with Crippen LogP contribution in [-0.4, -0.2) is 129 Å². The number of benzene rings is 13. The van der Waals surface area contributed by atoms with E-state index in [2.05, 4.69) is 42.5 Å². The average molecular weight is 2140 g/mol. The molecule has 12 N–H and O–H groups in total. The van der Waals surface area contributed by atoms with E-state index >= 15 is 0 Å². The van der Waals surface area contributed by atoms with Crippen molar-refractivity contribution >= 4 is 179 Å². The van der Waals surface area contributed by atoms with E-state index < -0.39 is 131 Å². The lowest BCUT2D eigenvalue weighted by Gasteiger charge is -2.20. The quantitative estimate of drug-likeness (QED) is 0.0194. The van der Waals surface area contributed by atoms with Gasteiger partial charge in [0.15, 0.2) is 45.1 Å². The van der Waals surface area contributed by atoms with E-state index in [0.717, 1.165) is 57.1 Å². The molecule has 39 heteroatoms. The highest BCUT2D eigenvalue weighted by Gasteiger charge is 2.38. The number of anilines is 8. The molecule has 146 heavy (non-hydrogen) atoms. The molecule has 30 nitrogen and oxygen atoms in total. The topological polar surface area (TPSA) is 469 Å². The lowest BCUT2D eigenvalue weighted by molar-refractivity contribution is -0.116. The van der Waals surface area contributed by atoms with Crippen molar-refractivity contribution in [3.05, 3.63) is 348 Å². The zero-order valence-corrected chi connectivity index (χ0v) is 87.5. The van der Waals surface area contributed by atoms with Crippen LogP contribution >= 0.6 is 46.4 Å². The molecule has 4 atom stereocenters. The molecule has 13 rings (SSSR count). The van der Waals surface area contributed by atoms with Crippen LogP contribution in [0, 0.1) is 47.4 Å². The molecule has 0 aromatic heterocycles.